The molecule has 0 spiro atoms. The van der Waals surface area contributed by atoms with E-state index in [9.17, 15) is 9.59 Å². The maximum Gasteiger partial charge on any atom is 0.303 e. The van der Waals surface area contributed by atoms with Gasteiger partial charge < -0.3 is 15.3 Å². The fourth-order valence-corrected chi connectivity index (χ4v) is 2.22. The number of rotatable bonds is 7. The van der Waals surface area contributed by atoms with E-state index in [0.29, 0.717) is 19.4 Å². The van der Waals surface area contributed by atoms with E-state index >= 15 is 0 Å². The maximum atomic E-state index is 11.8. The number of carbonyl (C=O) groups excluding carboxylic acids is 1. The predicted molar refractivity (Wildman–Crippen MR) is 69.3 cm³/mol. The Kier molecular flexibility index (Phi) is 6.90. The summed E-state index contributed by atoms with van der Waals surface area (Å²) in [5.41, 5.74) is 0. The summed E-state index contributed by atoms with van der Waals surface area (Å²) in [7, 11) is 0. The highest BCUT2D eigenvalue weighted by molar-refractivity contribution is 5.78. The summed E-state index contributed by atoms with van der Waals surface area (Å²) in [4.78, 5) is 24.4. The number of carboxylic acid groups (broad SMARTS) is 1. The third-order valence-corrected chi connectivity index (χ3v) is 3.36. The highest BCUT2D eigenvalue weighted by Crippen LogP contribution is 2.17. The molecule has 1 aliphatic rings. The summed E-state index contributed by atoms with van der Waals surface area (Å²) >= 11 is 0. The van der Waals surface area contributed by atoms with Gasteiger partial charge in [-0.3, -0.25) is 9.59 Å². The molecule has 0 saturated carbocycles. The molecule has 0 aromatic carbocycles. The first kappa shape index (κ1) is 15.4. The van der Waals surface area contributed by atoms with Crippen LogP contribution in [0.25, 0.3) is 0 Å². The van der Waals surface area contributed by atoms with E-state index < -0.39 is 5.97 Å². The molecule has 0 bridgehead atoms. The highest BCUT2D eigenvalue weighted by Gasteiger charge is 2.24. The Morgan fingerprint density at radius 1 is 1.37 bits per heavy atom. The topological polar surface area (TPSA) is 93.4 Å². The van der Waals surface area contributed by atoms with Crippen molar-refractivity contribution in [2.45, 2.75) is 32.1 Å². The van der Waals surface area contributed by atoms with Crippen molar-refractivity contribution >= 4 is 11.9 Å². The normalized spacial score (nSPS) is 16.8. The molecule has 0 atom stereocenters. The van der Waals surface area contributed by atoms with Crippen molar-refractivity contribution in [3.8, 4) is 6.07 Å². The fraction of sp³-hybridized carbons (Fsp3) is 0.769. The Morgan fingerprint density at radius 3 is 2.63 bits per heavy atom. The Balaban J connectivity index is 2.14. The van der Waals surface area contributed by atoms with E-state index in [0.717, 1.165) is 32.5 Å². The third kappa shape index (κ3) is 6.20. The molecule has 0 radical (unpaired) electrons. The van der Waals surface area contributed by atoms with Crippen LogP contribution in [0.5, 0.6) is 0 Å². The van der Waals surface area contributed by atoms with Crippen LogP contribution in [0.3, 0.4) is 0 Å². The Bertz CT molecular complexity index is 344. The largest absolute Gasteiger partial charge is 0.481 e. The average Bonchev–Trinajstić information content (AvgIpc) is 2.41. The monoisotopic (exact) mass is 267 g/mol. The van der Waals surface area contributed by atoms with E-state index in [1.807, 2.05) is 0 Å². The number of hydrogen-bond acceptors (Lipinski definition) is 4. The van der Waals surface area contributed by atoms with Crippen LogP contribution >= 0.6 is 0 Å². The zero-order valence-electron chi connectivity index (χ0n) is 11.1. The third-order valence-electron chi connectivity index (χ3n) is 3.36. The molecule has 1 rings (SSSR count). The molecule has 1 fully saturated rings. The second-order valence-corrected chi connectivity index (χ2v) is 4.81. The van der Waals surface area contributed by atoms with E-state index in [1.165, 1.54) is 0 Å². The predicted octanol–water partition coefficient (Wildman–Crippen LogP) is 0.593. The van der Waals surface area contributed by atoms with Crippen molar-refractivity contribution in [2.75, 3.05) is 26.2 Å². The number of amides is 1. The molecule has 19 heavy (non-hydrogen) atoms. The van der Waals surface area contributed by atoms with Gasteiger partial charge in [-0.15, -0.1) is 0 Å². The number of nitriles is 1. The van der Waals surface area contributed by atoms with E-state index in [4.69, 9.17) is 10.4 Å². The summed E-state index contributed by atoms with van der Waals surface area (Å²) in [5.74, 6) is -0.770. The first-order valence-electron chi connectivity index (χ1n) is 6.72. The number of carbonyl (C=O) groups is 2. The molecule has 1 heterocycles. The van der Waals surface area contributed by atoms with Crippen molar-refractivity contribution in [3.05, 3.63) is 0 Å². The SMILES string of the molecule is N#CCCN1CCC(C(=O)NCCCC(=O)O)CC1. The quantitative estimate of drug-likeness (QED) is 0.659. The molecule has 1 saturated heterocycles. The zero-order valence-corrected chi connectivity index (χ0v) is 11.1. The van der Waals surface area contributed by atoms with Crippen LogP contribution in [-0.4, -0.2) is 48.1 Å². The summed E-state index contributed by atoms with van der Waals surface area (Å²) in [6, 6.07) is 2.12. The van der Waals surface area contributed by atoms with Gasteiger partial charge in [-0.05, 0) is 32.4 Å². The number of hydrogen-bond donors (Lipinski definition) is 2. The van der Waals surface area contributed by atoms with Crippen LogP contribution in [0.2, 0.25) is 0 Å². The van der Waals surface area contributed by atoms with Gasteiger partial charge in [0.1, 0.15) is 0 Å². The molecule has 1 aliphatic heterocycles. The highest BCUT2D eigenvalue weighted by atomic mass is 16.4. The summed E-state index contributed by atoms with van der Waals surface area (Å²) in [6.07, 6.45) is 2.73. The van der Waals surface area contributed by atoms with Crippen molar-refractivity contribution < 1.29 is 14.7 Å². The van der Waals surface area contributed by atoms with Gasteiger partial charge in [-0.2, -0.15) is 5.26 Å². The molecular formula is C13H21N3O3. The summed E-state index contributed by atoms with van der Waals surface area (Å²) in [6.45, 7) is 2.92. The Morgan fingerprint density at radius 2 is 2.05 bits per heavy atom. The molecule has 0 aliphatic carbocycles. The second-order valence-electron chi connectivity index (χ2n) is 4.81. The standard InChI is InChI=1S/C13H21N3O3/c14-6-2-8-16-9-4-11(5-10-16)13(19)15-7-1-3-12(17)18/h11H,1-5,7-10H2,(H,15,19)(H,17,18). The first-order chi connectivity index (χ1) is 9.13. The van der Waals surface area contributed by atoms with Crippen molar-refractivity contribution in [3.63, 3.8) is 0 Å². The van der Waals surface area contributed by atoms with E-state index in [2.05, 4.69) is 16.3 Å². The number of nitrogens with zero attached hydrogens (tertiary/aromatic N) is 2. The molecule has 1 amide bonds. The minimum absolute atomic E-state index is 0.0307. The Labute approximate surface area is 113 Å². The molecule has 0 aromatic rings. The van der Waals surface area contributed by atoms with E-state index in [-0.39, 0.29) is 18.2 Å². The maximum absolute atomic E-state index is 11.8. The summed E-state index contributed by atoms with van der Waals surface area (Å²) < 4.78 is 0. The van der Waals surface area contributed by atoms with Gasteiger partial charge in [-0.1, -0.05) is 0 Å². The molecular weight excluding hydrogens is 246 g/mol. The lowest BCUT2D eigenvalue weighted by Crippen LogP contribution is -2.41. The van der Waals surface area contributed by atoms with Gasteiger partial charge in [0, 0.05) is 31.8 Å². The van der Waals surface area contributed by atoms with Crippen molar-refractivity contribution in [1.29, 1.82) is 5.26 Å². The minimum atomic E-state index is -0.833. The summed E-state index contributed by atoms with van der Waals surface area (Å²) in [5, 5.41) is 19.8. The molecule has 0 aromatic heterocycles. The van der Waals surface area contributed by atoms with Crippen LogP contribution in [0.1, 0.15) is 32.1 Å². The second kappa shape index (κ2) is 8.48. The number of piperidine rings is 1. The lowest BCUT2D eigenvalue weighted by atomic mass is 9.96. The van der Waals surface area contributed by atoms with Gasteiger partial charge in [0.15, 0.2) is 0 Å². The van der Waals surface area contributed by atoms with Crippen LogP contribution < -0.4 is 5.32 Å². The zero-order chi connectivity index (χ0) is 14.1. The lowest BCUT2D eigenvalue weighted by molar-refractivity contribution is -0.137. The van der Waals surface area contributed by atoms with Crippen molar-refractivity contribution in [1.82, 2.24) is 10.2 Å². The smallest absolute Gasteiger partial charge is 0.303 e. The minimum Gasteiger partial charge on any atom is -0.481 e. The van der Waals surface area contributed by atoms with Crippen molar-refractivity contribution in [2.24, 2.45) is 5.92 Å². The number of carboxylic acids is 1. The molecule has 2 N–H and O–H groups in total. The van der Waals surface area contributed by atoms with E-state index in [1.54, 1.807) is 0 Å². The number of aliphatic carboxylic acids is 1. The molecule has 0 unspecified atom stereocenters. The van der Waals surface area contributed by atoms with Gasteiger partial charge in [0.25, 0.3) is 0 Å². The van der Waals surface area contributed by atoms with Crippen LogP contribution in [-0.2, 0) is 9.59 Å². The molecule has 106 valence electrons. The van der Waals surface area contributed by atoms with Gasteiger partial charge >= 0.3 is 5.97 Å². The number of nitrogens with one attached hydrogen (secondary N) is 1. The van der Waals surface area contributed by atoms with Crippen LogP contribution in [0.4, 0.5) is 0 Å². The molecule has 6 heteroatoms. The van der Waals surface area contributed by atoms with Crippen LogP contribution in [0.15, 0.2) is 0 Å². The van der Waals surface area contributed by atoms with Gasteiger partial charge in [-0.25, -0.2) is 0 Å². The van der Waals surface area contributed by atoms with Gasteiger partial charge in [0.2, 0.25) is 5.91 Å². The molecule has 6 nitrogen and oxygen atoms in total. The lowest BCUT2D eigenvalue weighted by Gasteiger charge is -2.30. The average molecular weight is 267 g/mol. The fourth-order valence-electron chi connectivity index (χ4n) is 2.22. The van der Waals surface area contributed by atoms with Crippen LogP contribution in [0, 0.1) is 17.2 Å². The van der Waals surface area contributed by atoms with Gasteiger partial charge in [0.05, 0.1) is 6.07 Å². The number of likely N-dealkylation sites (tertiary alicyclic amines) is 1. The first-order valence-corrected chi connectivity index (χ1v) is 6.72. The Hall–Kier alpha value is -1.61.